The Hall–Kier alpha value is -1.69. The van der Waals surface area contributed by atoms with Crippen molar-refractivity contribution in [2.24, 2.45) is 0 Å². The minimum atomic E-state index is -3.33. The summed E-state index contributed by atoms with van der Waals surface area (Å²) in [5, 5.41) is 3.18. The number of fused-ring (bicyclic) bond motifs is 1. The van der Waals surface area contributed by atoms with Gasteiger partial charge in [0.15, 0.2) is 15.7 Å². The van der Waals surface area contributed by atoms with Gasteiger partial charge in [-0.05, 0) is 37.3 Å². The van der Waals surface area contributed by atoms with Gasteiger partial charge in [-0.2, -0.15) is 4.98 Å². The van der Waals surface area contributed by atoms with Gasteiger partial charge in [-0.25, -0.2) is 8.42 Å². The predicted molar refractivity (Wildman–Crippen MR) is 73.8 cm³/mol. The minimum Gasteiger partial charge on any atom is -0.338 e. The molecular formula is C14H16N2O3S. The Morgan fingerprint density at radius 2 is 2.15 bits per heavy atom. The van der Waals surface area contributed by atoms with Gasteiger partial charge in [-0.1, -0.05) is 29.4 Å². The van der Waals surface area contributed by atoms with E-state index in [1.165, 1.54) is 0 Å². The lowest BCUT2D eigenvalue weighted by atomic mass is 9.91. The van der Waals surface area contributed by atoms with E-state index < -0.39 is 15.1 Å². The fourth-order valence-electron chi connectivity index (χ4n) is 2.75. The van der Waals surface area contributed by atoms with Crippen molar-refractivity contribution in [1.82, 2.24) is 10.1 Å². The molecule has 20 heavy (non-hydrogen) atoms. The van der Waals surface area contributed by atoms with E-state index in [0.29, 0.717) is 12.2 Å². The first-order valence-corrected chi connectivity index (χ1v) is 8.36. The second kappa shape index (κ2) is 5.01. The number of benzene rings is 1. The van der Waals surface area contributed by atoms with Gasteiger partial charge in [-0.3, -0.25) is 0 Å². The predicted octanol–water partition coefficient (Wildman–Crippen LogP) is 2.37. The van der Waals surface area contributed by atoms with E-state index >= 15 is 0 Å². The quantitative estimate of drug-likeness (QED) is 0.868. The highest BCUT2D eigenvalue weighted by Gasteiger charge is 2.32. The van der Waals surface area contributed by atoms with Crippen LogP contribution in [0.4, 0.5) is 0 Å². The van der Waals surface area contributed by atoms with Crippen LogP contribution in [0.25, 0.3) is 0 Å². The van der Waals surface area contributed by atoms with Crippen LogP contribution in [0, 0.1) is 6.92 Å². The molecule has 0 N–H and O–H groups in total. The third kappa shape index (κ3) is 2.47. The fourth-order valence-corrected chi connectivity index (χ4v) is 4.56. The van der Waals surface area contributed by atoms with Crippen LogP contribution in [0.5, 0.6) is 0 Å². The van der Waals surface area contributed by atoms with Gasteiger partial charge < -0.3 is 4.52 Å². The molecule has 0 bridgehead atoms. The molecule has 0 amide bonds. The average Bonchev–Trinajstić information content (AvgIpc) is 2.82. The Morgan fingerprint density at radius 1 is 1.35 bits per heavy atom. The van der Waals surface area contributed by atoms with Crippen LogP contribution in [0.3, 0.4) is 0 Å². The zero-order valence-corrected chi connectivity index (χ0v) is 12.1. The van der Waals surface area contributed by atoms with Gasteiger partial charge in [-0.15, -0.1) is 0 Å². The second-order valence-electron chi connectivity index (χ2n) is 5.12. The first-order valence-electron chi connectivity index (χ1n) is 6.65. The maximum atomic E-state index is 12.6. The number of hydrogen-bond donors (Lipinski definition) is 0. The van der Waals surface area contributed by atoms with E-state index in [1.807, 2.05) is 24.3 Å². The van der Waals surface area contributed by atoms with Crippen molar-refractivity contribution in [3.05, 3.63) is 47.1 Å². The zero-order valence-electron chi connectivity index (χ0n) is 11.2. The first kappa shape index (κ1) is 13.3. The molecule has 0 fully saturated rings. The highest BCUT2D eigenvalue weighted by atomic mass is 32.2. The number of hydrogen-bond acceptors (Lipinski definition) is 5. The van der Waals surface area contributed by atoms with Crippen molar-refractivity contribution < 1.29 is 12.9 Å². The summed E-state index contributed by atoms with van der Waals surface area (Å²) in [7, 11) is -3.33. The number of nitrogens with zero attached hydrogens (tertiary/aromatic N) is 2. The van der Waals surface area contributed by atoms with Gasteiger partial charge in [0, 0.05) is 0 Å². The molecule has 0 unspecified atom stereocenters. The topological polar surface area (TPSA) is 73.1 Å². The second-order valence-corrected chi connectivity index (χ2v) is 7.31. The van der Waals surface area contributed by atoms with Gasteiger partial charge in [0.1, 0.15) is 5.75 Å². The highest BCUT2D eigenvalue weighted by molar-refractivity contribution is 7.90. The van der Waals surface area contributed by atoms with Gasteiger partial charge in [0.2, 0.25) is 5.89 Å². The first-order chi connectivity index (χ1) is 9.56. The fraction of sp³-hybridized carbons (Fsp3) is 0.429. The lowest BCUT2D eigenvalue weighted by Gasteiger charge is -2.24. The molecule has 3 rings (SSSR count). The summed E-state index contributed by atoms with van der Waals surface area (Å²) in [6.45, 7) is 1.68. The minimum absolute atomic E-state index is 0.172. The van der Waals surface area contributed by atoms with Crippen molar-refractivity contribution >= 4 is 9.84 Å². The summed E-state index contributed by atoms with van der Waals surface area (Å²) >= 11 is 0. The smallest absolute Gasteiger partial charge is 0.241 e. The normalized spacial score (nSPS) is 18.8. The Balaban J connectivity index is 1.92. The van der Waals surface area contributed by atoms with Crippen LogP contribution in [0.2, 0.25) is 0 Å². The van der Waals surface area contributed by atoms with E-state index in [9.17, 15) is 8.42 Å². The molecule has 1 heterocycles. The van der Waals surface area contributed by atoms with Gasteiger partial charge in [0.05, 0.1) is 5.25 Å². The van der Waals surface area contributed by atoms with Crippen LogP contribution < -0.4 is 0 Å². The highest BCUT2D eigenvalue weighted by Crippen LogP contribution is 2.36. The lowest BCUT2D eigenvalue weighted by molar-refractivity contribution is 0.384. The van der Waals surface area contributed by atoms with Crippen LogP contribution in [-0.4, -0.2) is 18.6 Å². The molecule has 0 radical (unpaired) electrons. The average molecular weight is 292 g/mol. The Labute approximate surface area is 117 Å². The molecular weight excluding hydrogens is 276 g/mol. The third-order valence-electron chi connectivity index (χ3n) is 3.64. The summed E-state index contributed by atoms with van der Waals surface area (Å²) in [6, 6.07) is 7.77. The van der Waals surface area contributed by atoms with Crippen molar-refractivity contribution in [1.29, 1.82) is 0 Å². The van der Waals surface area contributed by atoms with Crippen LogP contribution in [0.1, 0.15) is 40.9 Å². The van der Waals surface area contributed by atoms with E-state index in [1.54, 1.807) is 6.92 Å². The molecule has 1 aromatic heterocycles. The standard InChI is InChI=1S/C14H16N2O3S/c1-10-15-14(19-16-10)9-20(17,18)13-8-4-6-11-5-2-3-7-12(11)13/h2-3,5,7,13H,4,6,8-9H2,1H3/t13-/m1/s1. The van der Waals surface area contributed by atoms with E-state index in [2.05, 4.69) is 10.1 Å². The van der Waals surface area contributed by atoms with E-state index in [-0.39, 0.29) is 11.6 Å². The molecule has 0 spiro atoms. The van der Waals surface area contributed by atoms with Crippen molar-refractivity contribution in [3.63, 3.8) is 0 Å². The lowest BCUT2D eigenvalue weighted by Crippen LogP contribution is -2.20. The van der Waals surface area contributed by atoms with Crippen LogP contribution in [-0.2, 0) is 22.0 Å². The molecule has 2 aromatic rings. The number of rotatable bonds is 3. The molecule has 106 valence electrons. The summed E-state index contributed by atoms with van der Waals surface area (Å²) < 4.78 is 30.1. The molecule has 1 aliphatic rings. The maximum absolute atomic E-state index is 12.6. The number of aryl methyl sites for hydroxylation is 2. The zero-order chi connectivity index (χ0) is 14.2. The summed E-state index contributed by atoms with van der Waals surface area (Å²) in [5.74, 6) is 0.442. The van der Waals surface area contributed by atoms with Gasteiger partial charge in [0.25, 0.3) is 0 Å². The summed E-state index contributed by atoms with van der Waals surface area (Å²) in [6.07, 6.45) is 2.50. The molecule has 0 aliphatic heterocycles. The SMILES string of the molecule is Cc1noc(CS(=O)(=O)[C@@H]2CCCc3ccccc32)n1. The third-order valence-corrected chi connectivity index (χ3v) is 5.65. The molecule has 0 saturated heterocycles. The van der Waals surface area contributed by atoms with Gasteiger partial charge >= 0.3 is 0 Å². The number of aromatic nitrogens is 2. The molecule has 5 nitrogen and oxygen atoms in total. The van der Waals surface area contributed by atoms with E-state index in [4.69, 9.17) is 4.52 Å². The monoisotopic (exact) mass is 292 g/mol. The molecule has 1 aliphatic carbocycles. The Kier molecular flexibility index (Phi) is 3.33. The van der Waals surface area contributed by atoms with Crippen molar-refractivity contribution in [2.75, 3.05) is 0 Å². The van der Waals surface area contributed by atoms with E-state index in [0.717, 1.165) is 24.0 Å². The number of sulfone groups is 1. The van der Waals surface area contributed by atoms with Crippen LogP contribution in [0.15, 0.2) is 28.8 Å². The van der Waals surface area contributed by atoms with Crippen molar-refractivity contribution in [2.45, 2.75) is 37.2 Å². The molecule has 1 atom stereocenters. The van der Waals surface area contributed by atoms with Crippen LogP contribution >= 0.6 is 0 Å². The Morgan fingerprint density at radius 3 is 2.90 bits per heavy atom. The molecule has 1 aromatic carbocycles. The molecule has 0 saturated carbocycles. The molecule has 6 heteroatoms. The summed E-state index contributed by atoms with van der Waals surface area (Å²) in [5.41, 5.74) is 2.06. The Bertz CT molecular complexity index is 722. The maximum Gasteiger partial charge on any atom is 0.241 e. The largest absolute Gasteiger partial charge is 0.338 e. The summed E-state index contributed by atoms with van der Waals surface area (Å²) in [4.78, 5) is 3.99. The van der Waals surface area contributed by atoms with Crippen molar-refractivity contribution in [3.8, 4) is 0 Å².